The predicted molar refractivity (Wildman–Crippen MR) is 85.4 cm³/mol. The first-order chi connectivity index (χ1) is 9.54. The smallest absolute Gasteiger partial charge is 0.220 e. The maximum absolute atomic E-state index is 12.0. The van der Waals surface area contributed by atoms with Crippen molar-refractivity contribution in [1.29, 1.82) is 0 Å². The molecule has 0 heterocycles. The lowest BCUT2D eigenvalue weighted by atomic mass is 9.80. The van der Waals surface area contributed by atoms with Crippen LogP contribution in [0.3, 0.4) is 0 Å². The Bertz CT molecular complexity index is 268. The Labute approximate surface area is 125 Å². The number of carbonyl (C=O) groups is 1. The topological polar surface area (TPSA) is 55.1 Å². The molecule has 0 aromatic heterocycles. The van der Waals surface area contributed by atoms with E-state index in [-0.39, 0.29) is 5.91 Å². The fraction of sp³-hybridized carbons (Fsp3) is 0.941. The largest absolute Gasteiger partial charge is 0.356 e. The molecule has 0 aromatic carbocycles. The first kappa shape index (κ1) is 17.5. The van der Waals surface area contributed by atoms with Crippen LogP contribution in [0.1, 0.15) is 65.7 Å². The minimum Gasteiger partial charge on any atom is -0.356 e. The van der Waals surface area contributed by atoms with Crippen molar-refractivity contribution in [2.45, 2.75) is 65.7 Å². The van der Waals surface area contributed by atoms with Gasteiger partial charge in [0.25, 0.3) is 0 Å². The highest BCUT2D eigenvalue weighted by atomic mass is 16.1. The molecule has 1 rings (SSSR count). The van der Waals surface area contributed by atoms with Crippen LogP contribution < -0.4 is 11.1 Å². The van der Waals surface area contributed by atoms with Gasteiger partial charge in [-0.2, -0.15) is 0 Å². The van der Waals surface area contributed by atoms with Gasteiger partial charge in [-0.1, -0.05) is 40.0 Å². The monoisotopic (exact) mass is 282 g/mol. The van der Waals surface area contributed by atoms with Crippen molar-refractivity contribution in [3.05, 3.63) is 0 Å². The second-order valence-electron chi connectivity index (χ2n) is 6.95. The summed E-state index contributed by atoms with van der Waals surface area (Å²) in [5, 5.41) is 3.15. The van der Waals surface area contributed by atoms with Gasteiger partial charge in [-0.3, -0.25) is 4.79 Å². The fourth-order valence-corrected chi connectivity index (χ4v) is 3.37. The first-order valence-electron chi connectivity index (χ1n) is 8.51. The quantitative estimate of drug-likeness (QED) is 0.717. The molecule has 1 amide bonds. The molecular formula is C17H34N2O. The molecule has 3 nitrogen and oxygen atoms in total. The number of hydrogen-bond acceptors (Lipinski definition) is 2. The van der Waals surface area contributed by atoms with Crippen molar-refractivity contribution in [1.82, 2.24) is 5.32 Å². The second kappa shape index (κ2) is 9.38. The molecule has 3 N–H and O–H groups in total. The summed E-state index contributed by atoms with van der Waals surface area (Å²) in [4.78, 5) is 12.0. The molecule has 1 fully saturated rings. The standard InChI is InChI=1S/C17H34N2O/c1-13(2)15(10-11-18)8-9-17(20)19-12-16-7-5-4-6-14(16)3/h13-16H,4-12,18H2,1-3H3,(H,19,20). The zero-order chi connectivity index (χ0) is 15.0. The van der Waals surface area contributed by atoms with Crippen molar-refractivity contribution in [3.8, 4) is 0 Å². The van der Waals surface area contributed by atoms with Gasteiger partial charge < -0.3 is 11.1 Å². The molecule has 0 aromatic rings. The molecule has 1 saturated carbocycles. The average molecular weight is 282 g/mol. The molecule has 0 radical (unpaired) electrons. The summed E-state index contributed by atoms with van der Waals surface area (Å²) in [6.07, 6.45) is 7.96. The van der Waals surface area contributed by atoms with Crippen molar-refractivity contribution in [2.24, 2.45) is 29.4 Å². The molecule has 3 heteroatoms. The van der Waals surface area contributed by atoms with E-state index in [2.05, 4.69) is 26.1 Å². The first-order valence-corrected chi connectivity index (χ1v) is 8.51. The molecule has 1 aliphatic rings. The highest BCUT2D eigenvalue weighted by Crippen LogP contribution is 2.29. The number of amides is 1. The van der Waals surface area contributed by atoms with Crippen molar-refractivity contribution in [3.63, 3.8) is 0 Å². The molecule has 20 heavy (non-hydrogen) atoms. The van der Waals surface area contributed by atoms with Crippen molar-refractivity contribution in [2.75, 3.05) is 13.1 Å². The number of carbonyl (C=O) groups excluding carboxylic acids is 1. The molecule has 0 bridgehead atoms. The van der Waals surface area contributed by atoms with E-state index in [1.165, 1.54) is 25.7 Å². The summed E-state index contributed by atoms with van der Waals surface area (Å²) in [7, 11) is 0. The van der Waals surface area contributed by atoms with Crippen LogP contribution in [-0.2, 0) is 4.79 Å². The second-order valence-corrected chi connectivity index (χ2v) is 6.95. The van der Waals surface area contributed by atoms with E-state index in [4.69, 9.17) is 5.73 Å². The van der Waals surface area contributed by atoms with E-state index < -0.39 is 0 Å². The summed E-state index contributed by atoms with van der Waals surface area (Å²) in [5.74, 6) is 2.89. The fourth-order valence-electron chi connectivity index (χ4n) is 3.37. The van der Waals surface area contributed by atoms with Crippen molar-refractivity contribution < 1.29 is 4.79 Å². The zero-order valence-electron chi connectivity index (χ0n) is 13.7. The Morgan fingerprint density at radius 2 is 1.95 bits per heavy atom. The molecule has 1 aliphatic carbocycles. The van der Waals surface area contributed by atoms with Gasteiger partial charge in [0.15, 0.2) is 0 Å². The molecule has 118 valence electrons. The highest BCUT2D eigenvalue weighted by Gasteiger charge is 2.21. The summed E-state index contributed by atoms with van der Waals surface area (Å²) in [5.41, 5.74) is 5.64. The van der Waals surface area contributed by atoms with E-state index in [0.29, 0.717) is 24.2 Å². The van der Waals surface area contributed by atoms with Gasteiger partial charge in [0, 0.05) is 13.0 Å². The van der Waals surface area contributed by atoms with Crippen LogP contribution in [0.5, 0.6) is 0 Å². The number of nitrogens with two attached hydrogens (primary N) is 1. The molecule has 0 aliphatic heterocycles. The van der Waals surface area contributed by atoms with Crippen LogP contribution in [0.25, 0.3) is 0 Å². The predicted octanol–water partition coefficient (Wildman–Crippen LogP) is 3.33. The minimum atomic E-state index is 0.227. The summed E-state index contributed by atoms with van der Waals surface area (Å²) in [6, 6.07) is 0. The van der Waals surface area contributed by atoms with E-state index in [1.807, 2.05) is 0 Å². The van der Waals surface area contributed by atoms with Gasteiger partial charge in [-0.05, 0) is 49.5 Å². The van der Waals surface area contributed by atoms with Gasteiger partial charge in [-0.15, -0.1) is 0 Å². The van der Waals surface area contributed by atoms with Crippen LogP contribution >= 0.6 is 0 Å². The van der Waals surface area contributed by atoms with Gasteiger partial charge in [0.1, 0.15) is 0 Å². The van der Waals surface area contributed by atoms with Crippen LogP contribution in [-0.4, -0.2) is 19.0 Å². The van der Waals surface area contributed by atoms with Crippen molar-refractivity contribution >= 4 is 5.91 Å². The lowest BCUT2D eigenvalue weighted by Gasteiger charge is -2.29. The minimum absolute atomic E-state index is 0.227. The van der Waals surface area contributed by atoms with Crippen LogP contribution in [0.2, 0.25) is 0 Å². The molecular weight excluding hydrogens is 248 g/mol. The Morgan fingerprint density at radius 3 is 2.55 bits per heavy atom. The third kappa shape index (κ3) is 6.25. The Morgan fingerprint density at radius 1 is 1.25 bits per heavy atom. The van der Waals surface area contributed by atoms with E-state index in [0.717, 1.165) is 31.8 Å². The number of rotatable bonds is 8. The maximum Gasteiger partial charge on any atom is 0.220 e. The Kier molecular flexibility index (Phi) is 8.20. The van der Waals surface area contributed by atoms with Gasteiger partial charge in [0.2, 0.25) is 5.91 Å². The van der Waals surface area contributed by atoms with E-state index in [1.54, 1.807) is 0 Å². The van der Waals surface area contributed by atoms with E-state index >= 15 is 0 Å². The lowest BCUT2D eigenvalue weighted by molar-refractivity contribution is -0.121. The SMILES string of the molecule is CC(C)C(CCN)CCC(=O)NCC1CCCCC1C. The van der Waals surface area contributed by atoms with Gasteiger partial charge >= 0.3 is 0 Å². The maximum atomic E-state index is 12.0. The summed E-state index contributed by atoms with van der Waals surface area (Å²) < 4.78 is 0. The summed E-state index contributed by atoms with van der Waals surface area (Å²) in [6.45, 7) is 8.38. The number of hydrogen-bond donors (Lipinski definition) is 2. The molecule has 3 atom stereocenters. The Hall–Kier alpha value is -0.570. The Balaban J connectivity index is 2.22. The van der Waals surface area contributed by atoms with Crippen LogP contribution in [0.4, 0.5) is 0 Å². The number of nitrogens with one attached hydrogen (secondary N) is 1. The zero-order valence-corrected chi connectivity index (χ0v) is 13.7. The van der Waals surface area contributed by atoms with Crippen LogP contribution in [0.15, 0.2) is 0 Å². The van der Waals surface area contributed by atoms with E-state index in [9.17, 15) is 4.79 Å². The third-order valence-electron chi connectivity index (χ3n) is 5.07. The molecule has 3 unspecified atom stereocenters. The van der Waals surface area contributed by atoms with Crippen LogP contribution in [0, 0.1) is 23.7 Å². The lowest BCUT2D eigenvalue weighted by Crippen LogP contribution is -2.33. The summed E-state index contributed by atoms with van der Waals surface area (Å²) >= 11 is 0. The molecule has 0 saturated heterocycles. The normalized spacial score (nSPS) is 24.6. The highest BCUT2D eigenvalue weighted by molar-refractivity contribution is 5.75. The van der Waals surface area contributed by atoms with Gasteiger partial charge in [0.05, 0.1) is 0 Å². The van der Waals surface area contributed by atoms with Gasteiger partial charge in [-0.25, -0.2) is 0 Å². The molecule has 0 spiro atoms. The average Bonchev–Trinajstić information content (AvgIpc) is 2.42. The third-order valence-corrected chi connectivity index (χ3v) is 5.07.